The van der Waals surface area contributed by atoms with Crippen molar-refractivity contribution in [3.05, 3.63) is 35.0 Å². The molecule has 1 aliphatic rings. The number of morpholine rings is 1. The fraction of sp³-hybridized carbons (Fsp3) is 0.438. The van der Waals surface area contributed by atoms with Crippen LogP contribution in [-0.4, -0.2) is 31.2 Å². The molecule has 0 saturated carbocycles. The monoisotopic (exact) mass is 388 g/mol. The van der Waals surface area contributed by atoms with Crippen LogP contribution < -0.4 is 23.2 Å². The molecule has 1 fully saturated rings. The molecule has 1 aromatic carbocycles. The van der Waals surface area contributed by atoms with E-state index in [4.69, 9.17) is 23.4 Å². The van der Waals surface area contributed by atoms with E-state index in [0.717, 1.165) is 32.8 Å². The van der Waals surface area contributed by atoms with Gasteiger partial charge < -0.3 is 9.64 Å². The average molecular weight is 389 g/mol. The minimum absolute atomic E-state index is 0.839. The first kappa shape index (κ1) is 20.1. The molecule has 9 heteroatoms. The molecule has 7 nitrogen and oxygen atoms in total. The highest BCUT2D eigenvalue weighted by Gasteiger charge is 2.18. The van der Waals surface area contributed by atoms with E-state index in [9.17, 15) is 0 Å². The van der Waals surface area contributed by atoms with Gasteiger partial charge in [-0.15, -0.1) is 10.2 Å². The molecule has 0 radical (unpaired) electrons. The van der Waals surface area contributed by atoms with Crippen LogP contribution in [0.1, 0.15) is 18.9 Å². The molecule has 0 bridgehead atoms. The molecule has 1 aromatic heterocycles. The van der Waals surface area contributed by atoms with Crippen molar-refractivity contribution in [2.45, 2.75) is 20.4 Å². The quantitative estimate of drug-likeness (QED) is 0.571. The molecule has 3 rings (SSSR count). The summed E-state index contributed by atoms with van der Waals surface area (Å²) in [5, 5.41) is 1.33. The van der Waals surface area contributed by atoms with Gasteiger partial charge in [-0.05, 0) is 19.9 Å². The van der Waals surface area contributed by atoms with Crippen molar-refractivity contribution in [1.82, 2.24) is 4.90 Å². The number of fused-ring (bicyclic) bond motifs is 1. The van der Waals surface area contributed by atoms with Crippen LogP contribution in [0.2, 0.25) is 0 Å². The molecular weight excluding hydrogens is 368 g/mol. The Hall–Kier alpha value is -1.26. The molecular formula is C16H21ClN2O5S. The molecule has 2 aromatic rings. The lowest BCUT2D eigenvalue weighted by molar-refractivity contribution is -2.00. The van der Waals surface area contributed by atoms with Gasteiger partial charge in [0.25, 0.3) is 5.01 Å². The van der Waals surface area contributed by atoms with E-state index in [1.807, 2.05) is 11.3 Å². The highest BCUT2D eigenvalue weighted by Crippen LogP contribution is 2.22. The SMILES string of the molecule is CC[n+]1c(C=C(C)N2CCOCC2)sc2ccccc21.[O-][Cl+3]([O-])([O-])[O-]. The number of benzene rings is 1. The summed E-state index contributed by atoms with van der Waals surface area (Å²) in [6.07, 6.45) is 2.32. The fourth-order valence-electron chi connectivity index (χ4n) is 2.67. The zero-order chi connectivity index (χ0) is 18.4. The zero-order valence-corrected chi connectivity index (χ0v) is 15.7. The number of halogens is 1. The number of thiazole rings is 1. The average Bonchev–Trinajstić information content (AvgIpc) is 2.91. The minimum Gasteiger partial charge on any atom is -0.378 e. The van der Waals surface area contributed by atoms with E-state index >= 15 is 0 Å². The summed E-state index contributed by atoms with van der Waals surface area (Å²) in [7, 11) is -4.94. The lowest BCUT2D eigenvalue weighted by Crippen LogP contribution is -2.68. The molecule has 1 saturated heterocycles. The first-order chi connectivity index (χ1) is 11.8. The lowest BCUT2D eigenvalue weighted by Gasteiger charge is -2.29. The molecule has 0 unspecified atom stereocenters. The molecule has 0 amide bonds. The van der Waals surface area contributed by atoms with Gasteiger partial charge in [-0.3, -0.25) is 0 Å². The van der Waals surface area contributed by atoms with Crippen molar-refractivity contribution < 1.29 is 38.2 Å². The molecule has 138 valence electrons. The van der Waals surface area contributed by atoms with E-state index in [0.29, 0.717) is 0 Å². The molecule has 2 heterocycles. The van der Waals surface area contributed by atoms with Crippen molar-refractivity contribution in [1.29, 1.82) is 0 Å². The summed E-state index contributed by atoms with van der Waals surface area (Å²) in [5.41, 5.74) is 2.67. The van der Waals surface area contributed by atoms with Crippen LogP contribution in [0.4, 0.5) is 0 Å². The maximum atomic E-state index is 8.49. The minimum atomic E-state index is -4.94. The second-order valence-electron chi connectivity index (χ2n) is 5.42. The second kappa shape index (κ2) is 8.91. The predicted octanol–water partition coefficient (Wildman–Crippen LogP) is -1.85. The summed E-state index contributed by atoms with van der Waals surface area (Å²) >= 11 is 1.87. The molecule has 0 N–H and O–H groups in total. The Morgan fingerprint density at radius 1 is 1.24 bits per heavy atom. The van der Waals surface area contributed by atoms with Gasteiger partial charge >= 0.3 is 0 Å². The Labute approximate surface area is 152 Å². The van der Waals surface area contributed by atoms with Gasteiger partial charge in [0, 0.05) is 30.9 Å². The standard InChI is InChI=1S/C16H21N2OS.ClHO4/c1-3-18-14-6-4-5-7-15(14)20-16(18)12-13(2)17-8-10-19-11-9-17;2-1(3,4)5/h4-7,12H,3,8-11H2,1-2H3;(H,2,3,4,5)/q+1;/p-1. The third-order valence-corrected chi connectivity index (χ3v) is 4.91. The lowest BCUT2D eigenvalue weighted by atomic mass is 10.3. The first-order valence-corrected chi connectivity index (χ1v) is 9.89. The van der Waals surface area contributed by atoms with E-state index < -0.39 is 10.2 Å². The van der Waals surface area contributed by atoms with Crippen LogP contribution in [0.3, 0.4) is 0 Å². The van der Waals surface area contributed by atoms with Crippen molar-refractivity contribution in [2.24, 2.45) is 0 Å². The summed E-state index contributed by atoms with van der Waals surface area (Å²) < 4.78 is 43.1. The van der Waals surface area contributed by atoms with E-state index in [2.05, 4.69) is 53.7 Å². The highest BCUT2D eigenvalue weighted by molar-refractivity contribution is 7.18. The molecule has 0 spiro atoms. The largest absolute Gasteiger partial charge is 0.378 e. The van der Waals surface area contributed by atoms with Crippen LogP contribution in [0, 0.1) is 10.2 Å². The topological polar surface area (TPSA) is 109 Å². The summed E-state index contributed by atoms with van der Waals surface area (Å²) in [6.45, 7) is 9.10. The summed E-state index contributed by atoms with van der Waals surface area (Å²) in [6, 6.07) is 8.63. The Morgan fingerprint density at radius 2 is 1.84 bits per heavy atom. The number of ether oxygens (including phenoxy) is 1. The predicted molar refractivity (Wildman–Crippen MR) is 83.7 cm³/mol. The second-order valence-corrected chi connectivity index (χ2v) is 7.23. The number of hydrogen-bond acceptors (Lipinski definition) is 7. The summed E-state index contributed by atoms with van der Waals surface area (Å²) in [5.74, 6) is 0. The van der Waals surface area contributed by atoms with Crippen LogP contribution >= 0.6 is 11.3 Å². The fourth-order valence-corrected chi connectivity index (χ4v) is 3.89. The maximum Gasteiger partial charge on any atom is 0.264 e. The van der Waals surface area contributed by atoms with E-state index in [1.165, 1.54) is 20.9 Å². The normalized spacial score (nSPS) is 15.9. The number of aryl methyl sites for hydroxylation is 1. The van der Waals surface area contributed by atoms with Gasteiger partial charge in [0.1, 0.15) is 11.2 Å². The molecule has 0 aliphatic carbocycles. The molecule has 1 aliphatic heterocycles. The van der Waals surface area contributed by atoms with Crippen molar-refractivity contribution >= 4 is 27.6 Å². The van der Waals surface area contributed by atoms with Crippen LogP contribution in [0.15, 0.2) is 30.0 Å². The van der Waals surface area contributed by atoms with Gasteiger partial charge in [0.15, 0.2) is 0 Å². The Morgan fingerprint density at radius 3 is 2.44 bits per heavy atom. The number of rotatable bonds is 3. The number of allylic oxidation sites excluding steroid dienone is 1. The third kappa shape index (κ3) is 6.19. The maximum absolute atomic E-state index is 8.49. The van der Waals surface area contributed by atoms with Gasteiger partial charge in [-0.25, -0.2) is 18.6 Å². The molecule has 0 atom stereocenters. The van der Waals surface area contributed by atoms with Crippen LogP contribution in [0.25, 0.3) is 16.3 Å². The number of aromatic nitrogens is 1. The smallest absolute Gasteiger partial charge is 0.264 e. The van der Waals surface area contributed by atoms with E-state index in [-0.39, 0.29) is 0 Å². The van der Waals surface area contributed by atoms with E-state index in [1.54, 1.807) is 0 Å². The Balaban J connectivity index is 0.000000399. The number of para-hydroxylation sites is 1. The van der Waals surface area contributed by atoms with Gasteiger partial charge in [0.2, 0.25) is 5.52 Å². The third-order valence-electron chi connectivity index (χ3n) is 3.80. The van der Waals surface area contributed by atoms with Crippen LogP contribution in [0.5, 0.6) is 0 Å². The van der Waals surface area contributed by atoms with Gasteiger partial charge in [-0.1, -0.05) is 23.5 Å². The van der Waals surface area contributed by atoms with Gasteiger partial charge in [-0.2, -0.15) is 4.57 Å². The highest BCUT2D eigenvalue weighted by atomic mass is 35.7. The summed E-state index contributed by atoms with van der Waals surface area (Å²) in [4.78, 5) is 2.41. The van der Waals surface area contributed by atoms with Crippen molar-refractivity contribution in [3.8, 4) is 0 Å². The van der Waals surface area contributed by atoms with Crippen LogP contribution in [-0.2, 0) is 11.3 Å². The van der Waals surface area contributed by atoms with Crippen molar-refractivity contribution in [2.75, 3.05) is 26.3 Å². The number of hydrogen-bond donors (Lipinski definition) is 0. The number of nitrogens with zero attached hydrogens (tertiary/aromatic N) is 2. The Bertz CT molecular complexity index is 717. The zero-order valence-electron chi connectivity index (χ0n) is 14.1. The Kier molecular flexibility index (Phi) is 7.14. The van der Waals surface area contributed by atoms with Crippen molar-refractivity contribution in [3.63, 3.8) is 0 Å². The first-order valence-electron chi connectivity index (χ1n) is 7.83. The molecule has 25 heavy (non-hydrogen) atoms. The van der Waals surface area contributed by atoms with Gasteiger partial charge in [0.05, 0.1) is 13.2 Å².